The number of anilines is 1. The Hall–Kier alpha value is -3.65. The summed E-state index contributed by atoms with van der Waals surface area (Å²) >= 11 is 6.41. The lowest BCUT2D eigenvalue weighted by Gasteiger charge is -2.26. The number of hydrogen-bond donors (Lipinski definition) is 2. The van der Waals surface area contributed by atoms with Crippen molar-refractivity contribution >= 4 is 29.4 Å². The molecule has 2 aromatic carbocycles. The van der Waals surface area contributed by atoms with Crippen molar-refractivity contribution in [2.75, 3.05) is 19.0 Å². The van der Waals surface area contributed by atoms with Gasteiger partial charge in [0.2, 0.25) is 11.9 Å². The molecule has 3 aromatic rings. The van der Waals surface area contributed by atoms with E-state index in [4.69, 9.17) is 16.3 Å². The van der Waals surface area contributed by atoms with Gasteiger partial charge in [0.25, 0.3) is 5.91 Å². The van der Waals surface area contributed by atoms with Crippen molar-refractivity contribution in [3.05, 3.63) is 70.4 Å². The molecule has 2 N–H and O–H groups in total. The summed E-state index contributed by atoms with van der Waals surface area (Å²) in [5.41, 5.74) is 3.67. The van der Waals surface area contributed by atoms with Crippen LogP contribution in [-0.2, 0) is 11.3 Å². The van der Waals surface area contributed by atoms with E-state index in [1.807, 2.05) is 43.3 Å². The van der Waals surface area contributed by atoms with Crippen LogP contribution in [0.4, 0.5) is 5.95 Å². The van der Waals surface area contributed by atoms with E-state index >= 15 is 0 Å². The average molecular weight is 506 g/mol. The van der Waals surface area contributed by atoms with Crippen molar-refractivity contribution in [2.45, 2.75) is 44.8 Å². The second-order valence-corrected chi connectivity index (χ2v) is 9.67. The van der Waals surface area contributed by atoms with Crippen LogP contribution in [0.25, 0.3) is 11.3 Å². The summed E-state index contributed by atoms with van der Waals surface area (Å²) in [6.07, 6.45) is 5.01. The molecule has 2 aliphatic rings. The van der Waals surface area contributed by atoms with Gasteiger partial charge in [0.15, 0.2) is 0 Å². The summed E-state index contributed by atoms with van der Waals surface area (Å²) in [6.45, 7) is 2.25. The number of aromatic nitrogens is 2. The molecular weight excluding hydrogens is 478 g/mol. The van der Waals surface area contributed by atoms with E-state index < -0.39 is 0 Å². The first kappa shape index (κ1) is 24.1. The third-order valence-electron chi connectivity index (χ3n) is 6.75. The quantitative estimate of drug-likeness (QED) is 0.464. The number of halogens is 1. The first-order valence-electron chi connectivity index (χ1n) is 12.1. The molecule has 1 saturated carbocycles. The van der Waals surface area contributed by atoms with E-state index in [1.54, 1.807) is 24.3 Å². The normalized spacial score (nSPS) is 15.8. The highest BCUT2D eigenvalue weighted by Crippen LogP contribution is 2.32. The predicted octanol–water partition coefficient (Wildman–Crippen LogP) is 4.60. The van der Waals surface area contributed by atoms with Gasteiger partial charge in [-0.05, 0) is 55.5 Å². The lowest BCUT2D eigenvalue weighted by atomic mass is 9.93. The zero-order chi connectivity index (χ0) is 25.2. The summed E-state index contributed by atoms with van der Waals surface area (Å²) in [4.78, 5) is 36.3. The number of ether oxygens (including phenoxy) is 1. The predicted molar refractivity (Wildman–Crippen MR) is 138 cm³/mol. The summed E-state index contributed by atoms with van der Waals surface area (Å²) in [5.74, 6) is 0.852. The van der Waals surface area contributed by atoms with Gasteiger partial charge >= 0.3 is 0 Å². The van der Waals surface area contributed by atoms with Crippen LogP contribution in [0.5, 0.6) is 5.75 Å². The van der Waals surface area contributed by atoms with Crippen LogP contribution in [0.15, 0.2) is 48.7 Å². The molecule has 1 fully saturated rings. The molecule has 0 saturated heterocycles. The lowest BCUT2D eigenvalue weighted by Crippen LogP contribution is -2.38. The molecule has 2 heterocycles. The molecule has 36 heavy (non-hydrogen) atoms. The highest BCUT2D eigenvalue weighted by Gasteiger charge is 2.30. The fourth-order valence-electron chi connectivity index (χ4n) is 4.47. The molecule has 186 valence electrons. The SMILES string of the molecule is COc1cccc([C@@H](C)NC(=O)CN2Cc3ccc(-c4nc(NC5CCC5)ncc4Cl)cc3C2=O)c1. The molecule has 1 aromatic heterocycles. The van der Waals surface area contributed by atoms with E-state index in [0.717, 1.165) is 35.3 Å². The zero-order valence-corrected chi connectivity index (χ0v) is 21.0. The first-order chi connectivity index (χ1) is 17.4. The van der Waals surface area contributed by atoms with Gasteiger partial charge in [-0.25, -0.2) is 9.97 Å². The minimum absolute atomic E-state index is 0.0269. The molecule has 0 unspecified atom stereocenters. The van der Waals surface area contributed by atoms with Gasteiger partial charge in [-0.1, -0.05) is 35.9 Å². The third-order valence-corrected chi connectivity index (χ3v) is 7.03. The minimum Gasteiger partial charge on any atom is -0.497 e. The van der Waals surface area contributed by atoms with Gasteiger partial charge in [-0.2, -0.15) is 0 Å². The van der Waals surface area contributed by atoms with Crippen molar-refractivity contribution < 1.29 is 14.3 Å². The van der Waals surface area contributed by atoms with E-state index in [-0.39, 0.29) is 24.4 Å². The molecule has 2 amide bonds. The Morgan fingerprint density at radius 2 is 2.08 bits per heavy atom. The van der Waals surface area contributed by atoms with Gasteiger partial charge in [-0.15, -0.1) is 0 Å². The second-order valence-electron chi connectivity index (χ2n) is 9.26. The Morgan fingerprint density at radius 3 is 2.83 bits per heavy atom. The molecule has 8 nitrogen and oxygen atoms in total. The Balaban J connectivity index is 1.27. The van der Waals surface area contributed by atoms with Gasteiger partial charge in [-0.3, -0.25) is 9.59 Å². The van der Waals surface area contributed by atoms with Crippen LogP contribution < -0.4 is 15.4 Å². The van der Waals surface area contributed by atoms with E-state index in [1.165, 1.54) is 6.42 Å². The van der Waals surface area contributed by atoms with Crippen LogP contribution in [0, 0.1) is 0 Å². The molecule has 5 rings (SSSR count). The largest absolute Gasteiger partial charge is 0.497 e. The number of amides is 2. The number of carbonyl (C=O) groups is 2. The van der Waals surface area contributed by atoms with Crippen LogP contribution in [-0.4, -0.2) is 46.4 Å². The van der Waals surface area contributed by atoms with Crippen LogP contribution >= 0.6 is 11.6 Å². The highest BCUT2D eigenvalue weighted by atomic mass is 35.5. The van der Waals surface area contributed by atoms with Crippen LogP contribution in [0.2, 0.25) is 5.02 Å². The van der Waals surface area contributed by atoms with Crippen molar-refractivity contribution in [1.29, 1.82) is 0 Å². The Labute approximate surface area is 215 Å². The van der Waals surface area contributed by atoms with E-state index in [0.29, 0.717) is 34.8 Å². The maximum absolute atomic E-state index is 13.2. The van der Waals surface area contributed by atoms with Crippen molar-refractivity contribution in [1.82, 2.24) is 20.2 Å². The topological polar surface area (TPSA) is 96.4 Å². The molecule has 0 bridgehead atoms. The lowest BCUT2D eigenvalue weighted by molar-refractivity contribution is -0.122. The number of carbonyl (C=O) groups excluding carboxylic acids is 2. The number of fused-ring (bicyclic) bond motifs is 1. The first-order valence-corrected chi connectivity index (χ1v) is 12.4. The zero-order valence-electron chi connectivity index (χ0n) is 20.3. The summed E-state index contributed by atoms with van der Waals surface area (Å²) in [7, 11) is 1.61. The molecule has 0 radical (unpaired) electrons. The summed E-state index contributed by atoms with van der Waals surface area (Å²) < 4.78 is 5.26. The van der Waals surface area contributed by atoms with E-state index in [9.17, 15) is 9.59 Å². The molecular formula is C27H28ClN5O3. The molecule has 1 aliphatic carbocycles. The van der Waals surface area contributed by atoms with Crippen LogP contribution in [0.1, 0.15) is 53.7 Å². The van der Waals surface area contributed by atoms with Crippen molar-refractivity contribution in [3.8, 4) is 17.0 Å². The molecule has 0 spiro atoms. The Kier molecular flexibility index (Phi) is 6.78. The van der Waals surface area contributed by atoms with Gasteiger partial charge in [0.05, 0.1) is 30.1 Å². The third kappa shape index (κ3) is 4.99. The second kappa shape index (κ2) is 10.1. The smallest absolute Gasteiger partial charge is 0.254 e. The molecule has 1 atom stereocenters. The number of methoxy groups -OCH3 is 1. The number of nitrogens with one attached hydrogen (secondary N) is 2. The van der Waals surface area contributed by atoms with E-state index in [2.05, 4.69) is 20.6 Å². The molecule has 9 heteroatoms. The van der Waals surface area contributed by atoms with Gasteiger partial charge in [0, 0.05) is 23.7 Å². The fourth-order valence-corrected chi connectivity index (χ4v) is 4.67. The Morgan fingerprint density at radius 1 is 1.25 bits per heavy atom. The fraction of sp³-hybridized carbons (Fsp3) is 0.333. The van der Waals surface area contributed by atoms with Crippen molar-refractivity contribution in [2.24, 2.45) is 0 Å². The standard InChI is InChI=1S/C27H28ClN5O3/c1-16(17-5-3-8-21(11-17)36-2)30-24(34)15-33-14-19-10-9-18(12-22(19)26(33)35)25-23(28)13-29-27(32-25)31-20-6-4-7-20/h3,5,8-13,16,20H,4,6-7,14-15H2,1-2H3,(H,30,34)(H,29,31,32)/t16-/m1/s1. The van der Waals surface area contributed by atoms with Crippen LogP contribution in [0.3, 0.4) is 0 Å². The number of nitrogens with zero attached hydrogens (tertiary/aromatic N) is 3. The Bertz CT molecular complexity index is 1310. The number of rotatable bonds is 8. The number of hydrogen-bond acceptors (Lipinski definition) is 6. The highest BCUT2D eigenvalue weighted by molar-refractivity contribution is 6.33. The monoisotopic (exact) mass is 505 g/mol. The maximum Gasteiger partial charge on any atom is 0.254 e. The van der Waals surface area contributed by atoms with Gasteiger partial charge in [0.1, 0.15) is 12.3 Å². The van der Waals surface area contributed by atoms with Crippen molar-refractivity contribution in [3.63, 3.8) is 0 Å². The molecule has 1 aliphatic heterocycles. The maximum atomic E-state index is 13.2. The average Bonchev–Trinajstić information content (AvgIpc) is 3.16. The minimum atomic E-state index is -0.225. The van der Waals surface area contributed by atoms with Gasteiger partial charge < -0.3 is 20.3 Å². The summed E-state index contributed by atoms with van der Waals surface area (Å²) in [6, 6.07) is 13.3. The summed E-state index contributed by atoms with van der Waals surface area (Å²) in [5, 5.41) is 6.72. The number of benzene rings is 2.